The summed E-state index contributed by atoms with van der Waals surface area (Å²) in [5.74, 6) is 2.82. The number of carbonyl (C=O) groups excluding carboxylic acids is 2. The number of nitrogens with zero attached hydrogens (tertiary/aromatic N) is 10. The smallest absolute Gasteiger partial charge is 0.378 e. The summed E-state index contributed by atoms with van der Waals surface area (Å²) in [5, 5.41) is 12.3. The lowest BCUT2D eigenvalue weighted by Gasteiger charge is -2.47. The molecule has 7 fully saturated rings. The SMILES string of the molecule is CC[C@H](C)[C@H]1CN(C)[C@@H](C)CN2CC[C@H]2CN(C)[C@@H](CC2CCCCC2)CN(C)CCN[C@@H](CCc2ccc(C(F)(F)F)c(Cl)c2)CN(C)[C@@H](CCC(=O)N2CCC2)CNC2(CCCC2)CN(C)[C@@H](C2CCCC2)CN(C)[C@H](C(=O)N2CCOCC2)CCN(C)[C@@H](CC(C)C)CN1. The number of rotatable bonds is 14. The Morgan fingerprint density at radius 3 is 2.01 bits per heavy atom. The summed E-state index contributed by atoms with van der Waals surface area (Å²) < 4.78 is 47.8. The molecule has 0 bridgehead atoms. The normalized spacial score (nSPS) is 30.9. The molecule has 3 N–H and O–H groups in total. The summed E-state index contributed by atoms with van der Waals surface area (Å²) in [4.78, 5) is 54.0. The molecule has 20 heteroatoms. The summed E-state index contributed by atoms with van der Waals surface area (Å²) in [7, 11) is 16.2. The molecule has 16 nitrogen and oxygen atoms in total. The molecule has 1 aromatic carbocycles. The Morgan fingerprint density at radius 1 is 0.670 bits per heavy atom. The number of likely N-dealkylation sites (N-methyl/N-ethyl adjacent to an activating group) is 7. The van der Waals surface area contributed by atoms with Crippen LogP contribution in [-0.2, 0) is 26.9 Å². The van der Waals surface area contributed by atoms with Gasteiger partial charge in [0.2, 0.25) is 11.8 Å². The Morgan fingerprint density at radius 2 is 1.37 bits per heavy atom. The molecule has 558 valence electrons. The van der Waals surface area contributed by atoms with Crippen molar-refractivity contribution >= 4 is 23.4 Å². The Balaban J connectivity index is 1.09. The van der Waals surface area contributed by atoms with Gasteiger partial charge in [0.25, 0.3) is 0 Å². The molecule has 4 saturated heterocycles. The summed E-state index contributed by atoms with van der Waals surface area (Å²) in [6.07, 6.45) is 20.6. The van der Waals surface area contributed by atoms with Crippen molar-refractivity contribution in [3.05, 3.63) is 34.3 Å². The van der Waals surface area contributed by atoms with Crippen molar-refractivity contribution in [1.29, 1.82) is 0 Å². The third-order valence-corrected chi connectivity index (χ3v) is 25.4. The van der Waals surface area contributed by atoms with Crippen LogP contribution in [0.1, 0.15) is 187 Å². The molecule has 3 aliphatic carbocycles. The number of fused-ring (bicyclic) bond motifs is 1. The molecule has 97 heavy (non-hydrogen) atoms. The number of nitrogens with one attached hydrogen (secondary N) is 3. The van der Waals surface area contributed by atoms with Gasteiger partial charge in [-0.25, -0.2) is 0 Å². The van der Waals surface area contributed by atoms with E-state index in [9.17, 15) is 18.0 Å². The zero-order chi connectivity index (χ0) is 69.8. The molecule has 0 unspecified atom stereocenters. The van der Waals surface area contributed by atoms with E-state index in [1.807, 2.05) is 4.90 Å². The fourth-order valence-electron chi connectivity index (χ4n) is 17.8. The van der Waals surface area contributed by atoms with Crippen molar-refractivity contribution in [3.8, 4) is 0 Å². The lowest BCUT2D eigenvalue weighted by atomic mass is 9.84. The fraction of sp³-hybridized carbons (Fsp3) is 0.896. The van der Waals surface area contributed by atoms with Gasteiger partial charge in [-0.3, -0.25) is 19.4 Å². The van der Waals surface area contributed by atoms with E-state index in [1.165, 1.54) is 89.5 Å². The van der Waals surface area contributed by atoms with Crippen molar-refractivity contribution < 1.29 is 27.5 Å². The van der Waals surface area contributed by atoms with Gasteiger partial charge in [0.15, 0.2) is 0 Å². The third kappa shape index (κ3) is 24.7. The first-order valence-electron chi connectivity index (χ1n) is 39.2. The summed E-state index contributed by atoms with van der Waals surface area (Å²) in [6.45, 7) is 27.9. The molecule has 1 aromatic rings. The van der Waals surface area contributed by atoms with Gasteiger partial charge in [0.1, 0.15) is 0 Å². The highest BCUT2D eigenvalue weighted by molar-refractivity contribution is 6.31. The first kappa shape index (κ1) is 80.4. The van der Waals surface area contributed by atoms with Crippen LogP contribution in [0.4, 0.5) is 13.2 Å². The molecule has 8 rings (SSSR count). The van der Waals surface area contributed by atoms with Crippen LogP contribution in [0.3, 0.4) is 0 Å². The van der Waals surface area contributed by atoms with Gasteiger partial charge >= 0.3 is 6.18 Å². The van der Waals surface area contributed by atoms with Crippen LogP contribution in [0.2, 0.25) is 5.02 Å². The van der Waals surface area contributed by atoms with Crippen LogP contribution in [0.5, 0.6) is 0 Å². The molecular weight excluding hydrogens is 1250 g/mol. The predicted octanol–water partition coefficient (Wildman–Crippen LogP) is 10.5. The van der Waals surface area contributed by atoms with Crippen molar-refractivity contribution in [2.75, 3.05) is 174 Å². The Labute approximate surface area is 593 Å². The predicted molar refractivity (Wildman–Crippen MR) is 394 cm³/mol. The standard InChI is InChI=1S/C77H139ClF3N13O3/c1-13-59(4)71-55-87(8)60(5)51-94-40-32-66(94)54-89(10)68(47-61-22-15-14-16-23-61)53-85(6)41-36-82-64(28-26-62-27-30-69(70(78)48-62)77(79,80)81)52-88(9)65(29-31-74(95)92-37-21-38-92)50-84-76(34-19-20-35-76)57-91(12)73(63-24-17-18-25-63)56-90(11)72(75(96)93-42-44-97-45-43-93)33-39-86(7)67(49-83-71)46-58(2)3/h27,30,48,58-61,63-68,71-73,82-84H,13-26,28-29,31-47,49-57H2,1-12H3/t59-,60-,64-,65-,66-,67-,68-,71+,72-,73+/m0/s1. The number of carbonyl (C=O) groups is 2. The van der Waals surface area contributed by atoms with E-state index in [2.05, 4.69) is 144 Å². The van der Waals surface area contributed by atoms with E-state index in [1.54, 1.807) is 6.07 Å². The van der Waals surface area contributed by atoms with E-state index in [-0.39, 0.29) is 46.5 Å². The Bertz CT molecular complexity index is 2440. The number of aryl methyl sites for hydroxylation is 1. The van der Waals surface area contributed by atoms with Gasteiger partial charge in [0, 0.05) is 172 Å². The largest absolute Gasteiger partial charge is 0.417 e. The minimum absolute atomic E-state index is 0.0244. The number of likely N-dealkylation sites (tertiary alicyclic amines) is 1. The Hall–Kier alpha value is -2.24. The molecule has 4 heterocycles. The monoisotopic (exact) mass is 1390 g/mol. The number of alkyl halides is 3. The number of morpholine rings is 1. The van der Waals surface area contributed by atoms with Gasteiger partial charge in [-0.1, -0.05) is 110 Å². The number of amides is 2. The Kier molecular flexibility index (Phi) is 32.8. The average Bonchev–Trinajstić information content (AvgIpc) is 1.42. The molecule has 1 spiro atoms. The number of hydrogen-bond acceptors (Lipinski definition) is 14. The summed E-state index contributed by atoms with van der Waals surface area (Å²) in [6, 6.07) is 6.42. The second-order valence-corrected chi connectivity index (χ2v) is 33.3. The third-order valence-electron chi connectivity index (χ3n) is 25.1. The number of benzene rings is 1. The van der Waals surface area contributed by atoms with E-state index in [0.29, 0.717) is 87.1 Å². The lowest BCUT2D eigenvalue weighted by Crippen LogP contribution is -2.59. The minimum Gasteiger partial charge on any atom is -0.378 e. The van der Waals surface area contributed by atoms with E-state index >= 15 is 4.79 Å². The average molecular weight is 1390 g/mol. The van der Waals surface area contributed by atoms with Crippen LogP contribution >= 0.6 is 11.6 Å². The maximum atomic E-state index is 15.2. The topological polar surface area (TPSA) is 112 Å². The highest BCUT2D eigenvalue weighted by Gasteiger charge is 2.42. The van der Waals surface area contributed by atoms with E-state index < -0.39 is 11.7 Å². The molecule has 2 amide bonds. The van der Waals surface area contributed by atoms with Gasteiger partial charge in [-0.15, -0.1) is 0 Å². The van der Waals surface area contributed by atoms with E-state index in [0.717, 1.165) is 167 Å². The van der Waals surface area contributed by atoms with Gasteiger partial charge in [-0.2, -0.15) is 13.2 Å². The zero-order valence-electron chi connectivity index (χ0n) is 63.1. The quantitative estimate of drug-likeness (QED) is 0.164. The maximum Gasteiger partial charge on any atom is 0.417 e. The highest BCUT2D eigenvalue weighted by atomic mass is 35.5. The molecule has 3 saturated carbocycles. The molecule has 0 radical (unpaired) electrons. The molecule has 7 aliphatic rings. The van der Waals surface area contributed by atoms with Crippen LogP contribution in [0.15, 0.2) is 18.2 Å². The summed E-state index contributed by atoms with van der Waals surface area (Å²) >= 11 is 6.38. The zero-order valence-corrected chi connectivity index (χ0v) is 63.9. The number of hydrogen-bond donors (Lipinski definition) is 3. The van der Waals surface area contributed by atoms with Crippen LogP contribution < -0.4 is 16.0 Å². The second-order valence-electron chi connectivity index (χ2n) is 32.9. The molecule has 4 aliphatic heterocycles. The first-order valence-corrected chi connectivity index (χ1v) is 39.6. The van der Waals surface area contributed by atoms with Crippen molar-refractivity contribution in [1.82, 2.24) is 64.9 Å². The van der Waals surface area contributed by atoms with Crippen LogP contribution in [0.25, 0.3) is 0 Å². The van der Waals surface area contributed by atoms with Gasteiger partial charge < -0.3 is 59.9 Å². The van der Waals surface area contributed by atoms with Gasteiger partial charge in [0.05, 0.1) is 29.8 Å². The summed E-state index contributed by atoms with van der Waals surface area (Å²) in [5.41, 5.74) is -0.111. The number of ether oxygens (including phenoxy) is 1. The number of halogens is 4. The van der Waals surface area contributed by atoms with Crippen LogP contribution in [-0.4, -0.2) is 295 Å². The van der Waals surface area contributed by atoms with Crippen molar-refractivity contribution in [3.63, 3.8) is 0 Å². The van der Waals surface area contributed by atoms with Crippen molar-refractivity contribution in [2.45, 2.75) is 248 Å². The van der Waals surface area contributed by atoms with Crippen LogP contribution in [0, 0.1) is 23.7 Å². The van der Waals surface area contributed by atoms with Gasteiger partial charge in [-0.05, 0) is 175 Å². The lowest BCUT2D eigenvalue weighted by molar-refractivity contribution is -0.141. The molecule has 0 aromatic heterocycles. The fourth-order valence-corrected chi connectivity index (χ4v) is 18.1. The highest BCUT2D eigenvalue weighted by Crippen LogP contribution is 2.38. The minimum atomic E-state index is -4.52. The second kappa shape index (κ2) is 39.6. The molecular formula is C77H139ClF3N13O3. The van der Waals surface area contributed by atoms with E-state index in [4.69, 9.17) is 16.3 Å². The first-order chi connectivity index (χ1) is 46.4. The maximum absolute atomic E-state index is 15.2. The molecule has 10 atom stereocenters. The van der Waals surface area contributed by atoms with Crippen molar-refractivity contribution in [2.24, 2.45) is 23.7 Å².